The quantitative estimate of drug-likeness (QED) is 0.274. The summed E-state index contributed by atoms with van der Waals surface area (Å²) in [6.07, 6.45) is 2.10. The number of hydrogen-bond donors (Lipinski definition) is 3. The minimum absolute atomic E-state index is 0.698. The molecule has 8 nitrogen and oxygen atoms in total. The summed E-state index contributed by atoms with van der Waals surface area (Å²) < 4.78 is 26.5. The maximum absolute atomic E-state index is 5.36. The molecule has 0 aromatic heterocycles. The molecular formula is C15H41N3O5Si2. The second kappa shape index (κ2) is 17.5. The van der Waals surface area contributed by atoms with Crippen molar-refractivity contribution < 1.29 is 22.1 Å². The number of nitrogens with two attached hydrogens (primary N) is 1. The highest BCUT2D eigenvalue weighted by molar-refractivity contribution is 6.65. The largest absolute Gasteiger partial charge is 0.500 e. The van der Waals surface area contributed by atoms with Crippen molar-refractivity contribution in [2.24, 2.45) is 5.73 Å². The van der Waals surface area contributed by atoms with Crippen molar-refractivity contribution in [2.75, 3.05) is 68.8 Å². The smallest absolute Gasteiger partial charge is 0.398 e. The Morgan fingerprint density at radius 2 is 1.28 bits per heavy atom. The fraction of sp³-hybridized carbons (Fsp3) is 1.00. The van der Waals surface area contributed by atoms with Gasteiger partial charge in [-0.2, -0.15) is 0 Å². The fourth-order valence-electron chi connectivity index (χ4n) is 2.09. The zero-order valence-corrected chi connectivity index (χ0v) is 19.3. The Kier molecular flexibility index (Phi) is 19.2. The highest BCUT2D eigenvalue weighted by Crippen LogP contribution is 2.14. The van der Waals surface area contributed by atoms with Crippen LogP contribution in [0.1, 0.15) is 12.8 Å². The summed E-state index contributed by atoms with van der Waals surface area (Å²) in [5, 5.41) is 6.31. The van der Waals surface area contributed by atoms with E-state index >= 15 is 0 Å². The van der Waals surface area contributed by atoms with Crippen LogP contribution in [0.2, 0.25) is 18.6 Å². The molecule has 0 aliphatic heterocycles. The molecule has 0 atom stereocenters. The average molecular weight is 400 g/mol. The van der Waals surface area contributed by atoms with Gasteiger partial charge in [-0.1, -0.05) is 0 Å². The molecule has 0 rings (SSSR count). The summed E-state index contributed by atoms with van der Waals surface area (Å²) in [5.41, 5.74) is 5.35. The Morgan fingerprint density at radius 3 is 1.68 bits per heavy atom. The summed E-state index contributed by atoms with van der Waals surface area (Å²) in [4.78, 5) is 0. The van der Waals surface area contributed by atoms with Crippen molar-refractivity contribution >= 4 is 17.4 Å². The third-order valence-electron chi connectivity index (χ3n) is 4.01. The molecule has 4 N–H and O–H groups in total. The van der Waals surface area contributed by atoms with Gasteiger partial charge in [-0.25, -0.2) is 0 Å². The third kappa shape index (κ3) is 13.9. The van der Waals surface area contributed by atoms with Crippen molar-refractivity contribution in [1.29, 1.82) is 0 Å². The summed E-state index contributed by atoms with van der Waals surface area (Å²) in [6.45, 7) is 5.62. The molecule has 0 aliphatic carbocycles. The Morgan fingerprint density at radius 1 is 0.760 bits per heavy atom. The zero-order valence-electron chi connectivity index (χ0n) is 17.3. The van der Waals surface area contributed by atoms with Crippen LogP contribution in [0.25, 0.3) is 0 Å². The highest BCUT2D eigenvalue weighted by Gasteiger charge is 2.36. The van der Waals surface area contributed by atoms with E-state index in [2.05, 4.69) is 17.2 Å². The topological polar surface area (TPSA) is 96.2 Å². The van der Waals surface area contributed by atoms with Crippen LogP contribution < -0.4 is 16.4 Å². The van der Waals surface area contributed by atoms with Gasteiger partial charge in [-0.3, -0.25) is 0 Å². The molecule has 0 fully saturated rings. The molecule has 0 radical (unpaired) electrons. The molecule has 0 aliphatic rings. The molecule has 0 spiro atoms. The maximum atomic E-state index is 5.36. The van der Waals surface area contributed by atoms with Crippen LogP contribution >= 0.6 is 0 Å². The van der Waals surface area contributed by atoms with Gasteiger partial charge >= 0.3 is 17.4 Å². The molecule has 0 aromatic rings. The van der Waals surface area contributed by atoms with Crippen LogP contribution in [0.4, 0.5) is 0 Å². The molecular weight excluding hydrogens is 358 g/mol. The normalized spacial score (nSPS) is 12.0. The number of nitrogens with one attached hydrogen (secondary N) is 2. The van der Waals surface area contributed by atoms with E-state index in [-0.39, 0.29) is 0 Å². The van der Waals surface area contributed by atoms with Crippen molar-refractivity contribution in [3.63, 3.8) is 0 Å². The van der Waals surface area contributed by atoms with Crippen LogP contribution in [0, 0.1) is 0 Å². The molecule has 0 unspecified atom stereocenters. The lowest BCUT2D eigenvalue weighted by atomic mass is 10.5. The first kappa shape index (κ1) is 27.3. The molecule has 10 heteroatoms. The van der Waals surface area contributed by atoms with Crippen molar-refractivity contribution in [3.8, 4) is 0 Å². The van der Waals surface area contributed by atoms with E-state index in [1.165, 1.54) is 0 Å². The van der Waals surface area contributed by atoms with Gasteiger partial charge in [0.1, 0.15) is 0 Å². The zero-order chi connectivity index (χ0) is 19.6. The predicted molar refractivity (Wildman–Crippen MR) is 107 cm³/mol. The van der Waals surface area contributed by atoms with Gasteiger partial charge in [0.05, 0.1) is 0 Å². The maximum Gasteiger partial charge on any atom is 0.500 e. The minimum Gasteiger partial charge on any atom is -0.398 e. The third-order valence-corrected chi connectivity index (χ3v) is 9.83. The molecule has 25 heavy (non-hydrogen) atoms. The highest BCUT2D eigenvalue weighted by atomic mass is 28.4. The van der Waals surface area contributed by atoms with Crippen LogP contribution in [0.3, 0.4) is 0 Å². The first-order valence-electron chi connectivity index (χ1n) is 8.74. The first-order chi connectivity index (χ1) is 11.9. The van der Waals surface area contributed by atoms with Gasteiger partial charge in [0.25, 0.3) is 0 Å². The monoisotopic (exact) mass is 399 g/mol. The SMILES string of the molecule is CNCCC[Si](OC)(OC)OC.CO[Si](C)(CCCNCCN)OC. The fourth-order valence-corrected chi connectivity index (χ4v) is 5.20. The summed E-state index contributed by atoms with van der Waals surface area (Å²) in [6, 6.07) is 1.88. The van der Waals surface area contributed by atoms with Crippen LogP contribution in [-0.2, 0) is 22.1 Å². The lowest BCUT2D eigenvalue weighted by Gasteiger charge is -2.24. The van der Waals surface area contributed by atoms with Crippen molar-refractivity contribution in [2.45, 2.75) is 31.5 Å². The van der Waals surface area contributed by atoms with Gasteiger partial charge in [0, 0.05) is 54.7 Å². The second-order valence-electron chi connectivity index (χ2n) is 5.69. The van der Waals surface area contributed by atoms with E-state index in [9.17, 15) is 0 Å². The minimum atomic E-state index is -2.29. The summed E-state index contributed by atoms with van der Waals surface area (Å²) >= 11 is 0. The standard InChI is InChI=1S/C8H22N2O2Si.C7H19NO3Si/c1-11-13(3,12-2)8-4-6-10-7-5-9;1-8-6-5-7-12(9-2,10-3)11-4/h10H,4-9H2,1-3H3;8H,5-7H2,1-4H3. The van der Waals surface area contributed by atoms with E-state index in [1.54, 1.807) is 35.5 Å². The Balaban J connectivity index is 0. The lowest BCUT2D eigenvalue weighted by Crippen LogP contribution is -2.43. The number of hydrogen-bond acceptors (Lipinski definition) is 8. The van der Waals surface area contributed by atoms with Crippen LogP contribution in [0.5, 0.6) is 0 Å². The van der Waals surface area contributed by atoms with Crippen molar-refractivity contribution in [3.05, 3.63) is 0 Å². The summed E-state index contributed by atoms with van der Waals surface area (Å²) in [5.74, 6) is 0. The predicted octanol–water partition coefficient (Wildman–Crippen LogP) is 0.764. The molecule has 0 heterocycles. The lowest BCUT2D eigenvalue weighted by molar-refractivity contribution is 0.123. The summed E-state index contributed by atoms with van der Waals surface area (Å²) in [7, 11) is 6.17. The van der Waals surface area contributed by atoms with Gasteiger partial charge < -0.3 is 38.5 Å². The van der Waals surface area contributed by atoms with E-state index in [0.29, 0.717) is 6.54 Å². The Bertz CT molecular complexity index is 276. The van der Waals surface area contributed by atoms with E-state index in [4.69, 9.17) is 27.9 Å². The van der Waals surface area contributed by atoms with E-state index < -0.39 is 17.4 Å². The van der Waals surface area contributed by atoms with E-state index in [0.717, 1.165) is 44.6 Å². The number of rotatable bonds is 15. The molecule has 0 aromatic carbocycles. The van der Waals surface area contributed by atoms with Crippen molar-refractivity contribution in [1.82, 2.24) is 10.6 Å². The van der Waals surface area contributed by atoms with E-state index in [1.807, 2.05) is 7.05 Å². The van der Waals surface area contributed by atoms with Gasteiger partial charge in [0.15, 0.2) is 0 Å². The van der Waals surface area contributed by atoms with Gasteiger partial charge in [-0.15, -0.1) is 0 Å². The Labute approximate surface area is 156 Å². The molecule has 0 saturated heterocycles. The van der Waals surface area contributed by atoms with Gasteiger partial charge in [-0.05, 0) is 45.6 Å². The van der Waals surface area contributed by atoms with Gasteiger partial charge in [0.2, 0.25) is 0 Å². The Hall–Kier alpha value is 0.114. The molecule has 0 bridgehead atoms. The first-order valence-corrected chi connectivity index (χ1v) is 13.2. The van der Waals surface area contributed by atoms with Crippen LogP contribution in [-0.4, -0.2) is 86.1 Å². The average Bonchev–Trinajstić information content (AvgIpc) is 2.66. The molecule has 154 valence electrons. The molecule has 0 saturated carbocycles. The molecule has 0 amide bonds. The second-order valence-corrected chi connectivity index (χ2v) is 12.4. The van der Waals surface area contributed by atoms with Crippen LogP contribution in [0.15, 0.2) is 0 Å².